The molecule has 0 radical (unpaired) electrons. The predicted octanol–water partition coefficient (Wildman–Crippen LogP) is 22.8. The molecule has 576 valence electrons. The third-order valence-electron chi connectivity index (χ3n) is 18.1. The highest BCUT2D eigenvalue weighted by molar-refractivity contribution is 7.47. The first-order chi connectivity index (χ1) is 46.6. The van der Waals surface area contributed by atoms with Crippen molar-refractivity contribution in [3.05, 3.63) is 0 Å². The fourth-order valence-corrected chi connectivity index (χ4v) is 13.5. The normalized spacial score (nSPS) is 14.1. The lowest BCUT2D eigenvalue weighted by atomic mass is 10.0. The van der Waals surface area contributed by atoms with Crippen LogP contribution in [0.25, 0.3) is 0 Å². The summed E-state index contributed by atoms with van der Waals surface area (Å²) < 4.78 is 68.6. The van der Waals surface area contributed by atoms with Crippen molar-refractivity contribution in [1.29, 1.82) is 0 Å². The molecule has 3 N–H and O–H groups in total. The number of carbonyl (C=O) groups excluding carboxylic acids is 4. The molecular formula is C78H152O17P2. The first-order valence-electron chi connectivity index (χ1n) is 40.2. The van der Waals surface area contributed by atoms with Gasteiger partial charge in [-0.25, -0.2) is 9.13 Å². The summed E-state index contributed by atoms with van der Waals surface area (Å²) in [7, 11) is -9.92. The van der Waals surface area contributed by atoms with E-state index < -0.39 is 97.5 Å². The maximum absolute atomic E-state index is 13.1. The topological polar surface area (TPSA) is 237 Å². The van der Waals surface area contributed by atoms with E-state index in [0.29, 0.717) is 31.6 Å². The summed E-state index contributed by atoms with van der Waals surface area (Å²) >= 11 is 0. The van der Waals surface area contributed by atoms with E-state index in [2.05, 4.69) is 55.4 Å². The second-order valence-electron chi connectivity index (χ2n) is 30.0. The number of hydrogen-bond acceptors (Lipinski definition) is 15. The van der Waals surface area contributed by atoms with Crippen LogP contribution in [0.15, 0.2) is 0 Å². The van der Waals surface area contributed by atoms with Crippen LogP contribution < -0.4 is 0 Å². The molecule has 0 aromatic heterocycles. The maximum Gasteiger partial charge on any atom is 0.472 e. The summed E-state index contributed by atoms with van der Waals surface area (Å²) in [5.41, 5.74) is 0. The zero-order chi connectivity index (χ0) is 71.7. The Hall–Kier alpha value is -1.94. The molecule has 0 fully saturated rings. The first kappa shape index (κ1) is 95.1. The number of aliphatic hydroxyl groups is 1. The lowest BCUT2D eigenvalue weighted by Crippen LogP contribution is -2.30. The van der Waals surface area contributed by atoms with Gasteiger partial charge < -0.3 is 33.8 Å². The molecule has 17 nitrogen and oxygen atoms in total. The molecule has 0 rings (SSSR count). The minimum absolute atomic E-state index is 0.105. The average molecular weight is 1420 g/mol. The Morgan fingerprint density at radius 3 is 0.639 bits per heavy atom. The average Bonchev–Trinajstić information content (AvgIpc) is 1.12. The standard InChI is InChI=1S/C78H152O17P2/c1-68(2)54-46-38-30-23-17-13-10-9-11-15-20-27-35-44-52-60-77(82)94-73(64-88-75(80)58-50-42-34-26-19-16-12-14-18-24-31-39-47-55-69(3)4)66-92-96(84,85)90-62-72(79)63-91-97(86,87)93-67-74(65-89-76(81)59-51-43-37-29-33-41-49-57-71(7)8)95-78(83)61-53-45-36-28-22-21-25-32-40-48-56-70(5)6/h68-74,79H,9-67H2,1-8H3,(H,84,85)(H,86,87)/t72?,73-,74-/m1/s1. The maximum atomic E-state index is 13.1. The molecule has 5 atom stereocenters. The van der Waals surface area contributed by atoms with Gasteiger partial charge in [0, 0.05) is 25.7 Å². The zero-order valence-corrected chi connectivity index (χ0v) is 65.5. The summed E-state index contributed by atoms with van der Waals surface area (Å²) in [6.07, 6.45) is 52.8. The minimum atomic E-state index is -4.96. The first-order valence-corrected chi connectivity index (χ1v) is 43.2. The summed E-state index contributed by atoms with van der Waals surface area (Å²) in [4.78, 5) is 72.9. The van der Waals surface area contributed by atoms with Crippen molar-refractivity contribution in [1.82, 2.24) is 0 Å². The molecule has 97 heavy (non-hydrogen) atoms. The molecule has 0 saturated heterocycles. The van der Waals surface area contributed by atoms with Crippen LogP contribution in [0.4, 0.5) is 0 Å². The Morgan fingerprint density at radius 1 is 0.258 bits per heavy atom. The van der Waals surface area contributed by atoms with Gasteiger partial charge in [-0.05, 0) is 49.4 Å². The van der Waals surface area contributed by atoms with Crippen molar-refractivity contribution in [2.24, 2.45) is 23.7 Å². The summed E-state index contributed by atoms with van der Waals surface area (Å²) in [5.74, 6) is 0.932. The van der Waals surface area contributed by atoms with Crippen molar-refractivity contribution in [3.63, 3.8) is 0 Å². The van der Waals surface area contributed by atoms with Gasteiger partial charge in [-0.1, -0.05) is 344 Å². The summed E-state index contributed by atoms with van der Waals surface area (Å²) in [6, 6.07) is 0. The summed E-state index contributed by atoms with van der Waals surface area (Å²) in [6.45, 7) is 14.2. The monoisotopic (exact) mass is 1420 g/mol. The fourth-order valence-electron chi connectivity index (χ4n) is 11.9. The number of esters is 4. The highest BCUT2D eigenvalue weighted by atomic mass is 31.2. The van der Waals surface area contributed by atoms with Crippen molar-refractivity contribution in [2.75, 3.05) is 39.6 Å². The second-order valence-corrected chi connectivity index (χ2v) is 32.9. The van der Waals surface area contributed by atoms with E-state index in [-0.39, 0.29) is 25.7 Å². The van der Waals surface area contributed by atoms with Crippen molar-refractivity contribution < 1.29 is 80.2 Å². The van der Waals surface area contributed by atoms with Crippen LogP contribution in [0.3, 0.4) is 0 Å². The van der Waals surface area contributed by atoms with E-state index in [1.807, 2.05) is 0 Å². The van der Waals surface area contributed by atoms with E-state index in [4.69, 9.17) is 37.0 Å². The molecule has 19 heteroatoms. The van der Waals surface area contributed by atoms with Gasteiger partial charge in [0.25, 0.3) is 0 Å². The molecule has 0 aromatic carbocycles. The van der Waals surface area contributed by atoms with Crippen LogP contribution in [-0.4, -0.2) is 96.7 Å². The van der Waals surface area contributed by atoms with E-state index in [1.54, 1.807) is 0 Å². The van der Waals surface area contributed by atoms with Crippen LogP contribution >= 0.6 is 15.6 Å². The Kier molecular flexibility index (Phi) is 65.9. The lowest BCUT2D eigenvalue weighted by molar-refractivity contribution is -0.161. The second kappa shape index (κ2) is 67.2. The molecule has 0 saturated carbocycles. The van der Waals surface area contributed by atoms with Gasteiger partial charge in [0.1, 0.15) is 19.3 Å². The van der Waals surface area contributed by atoms with Crippen LogP contribution in [0.2, 0.25) is 0 Å². The minimum Gasteiger partial charge on any atom is -0.462 e. The van der Waals surface area contributed by atoms with Crippen LogP contribution in [-0.2, 0) is 65.4 Å². The quantitative estimate of drug-likeness (QED) is 0.0222. The van der Waals surface area contributed by atoms with Crippen molar-refractivity contribution in [2.45, 2.75) is 414 Å². The van der Waals surface area contributed by atoms with Gasteiger partial charge in [-0.3, -0.25) is 37.3 Å². The zero-order valence-electron chi connectivity index (χ0n) is 63.7. The molecule has 0 aromatic rings. The highest BCUT2D eigenvalue weighted by Gasteiger charge is 2.30. The molecule has 0 aliphatic rings. The van der Waals surface area contributed by atoms with Crippen LogP contribution in [0.5, 0.6) is 0 Å². The van der Waals surface area contributed by atoms with Gasteiger partial charge in [0.15, 0.2) is 12.2 Å². The van der Waals surface area contributed by atoms with E-state index in [9.17, 15) is 43.2 Å². The Bertz CT molecular complexity index is 1900. The van der Waals surface area contributed by atoms with Gasteiger partial charge in [-0.15, -0.1) is 0 Å². The molecule has 3 unspecified atom stereocenters. The molecule has 0 amide bonds. The van der Waals surface area contributed by atoms with Gasteiger partial charge >= 0.3 is 39.5 Å². The third kappa shape index (κ3) is 72.2. The number of aliphatic hydroxyl groups excluding tert-OH is 1. The number of hydrogen-bond donors (Lipinski definition) is 3. The van der Waals surface area contributed by atoms with E-state index >= 15 is 0 Å². The van der Waals surface area contributed by atoms with Crippen molar-refractivity contribution >= 4 is 39.5 Å². The molecule has 0 aliphatic carbocycles. The number of rotatable bonds is 75. The van der Waals surface area contributed by atoms with E-state index in [1.165, 1.54) is 193 Å². The third-order valence-corrected chi connectivity index (χ3v) is 20.0. The number of unbranched alkanes of at least 4 members (excludes halogenated alkanes) is 41. The molecule has 0 heterocycles. The van der Waals surface area contributed by atoms with Crippen molar-refractivity contribution in [3.8, 4) is 0 Å². The SMILES string of the molecule is CC(C)CCCCCCCCCCCCCCCCCC(=O)O[C@H](COC(=O)CCCCCCCCCCCCCCCC(C)C)COP(=O)(O)OCC(O)COP(=O)(O)OC[C@@H](COC(=O)CCCCCCCCCC(C)C)OC(=O)CCCCCCCCCCCCC(C)C. The van der Waals surface area contributed by atoms with Gasteiger partial charge in [-0.2, -0.15) is 0 Å². The fraction of sp³-hybridized carbons (Fsp3) is 0.949. The van der Waals surface area contributed by atoms with E-state index in [0.717, 1.165) is 114 Å². The number of phosphoric ester groups is 2. The smallest absolute Gasteiger partial charge is 0.462 e. The largest absolute Gasteiger partial charge is 0.472 e. The molecule has 0 bridgehead atoms. The highest BCUT2D eigenvalue weighted by Crippen LogP contribution is 2.45. The number of phosphoric acid groups is 2. The lowest BCUT2D eigenvalue weighted by Gasteiger charge is -2.21. The van der Waals surface area contributed by atoms with Gasteiger partial charge in [0.2, 0.25) is 0 Å². The van der Waals surface area contributed by atoms with Gasteiger partial charge in [0.05, 0.1) is 26.4 Å². The Morgan fingerprint density at radius 2 is 0.433 bits per heavy atom. The molecule has 0 aliphatic heterocycles. The van der Waals surface area contributed by atoms with Crippen LogP contribution in [0, 0.1) is 23.7 Å². The summed E-state index contributed by atoms with van der Waals surface area (Å²) in [5, 5.41) is 10.6. The number of carbonyl (C=O) groups is 4. The predicted molar refractivity (Wildman–Crippen MR) is 395 cm³/mol. The molecular weight excluding hydrogens is 1270 g/mol. The Balaban J connectivity index is 5.25. The number of ether oxygens (including phenoxy) is 4. The molecule has 0 spiro atoms. The van der Waals surface area contributed by atoms with Crippen LogP contribution in [0.1, 0.15) is 396 Å². The Labute approximate surface area is 594 Å².